The lowest BCUT2D eigenvalue weighted by Crippen LogP contribution is -2.40. The number of amides is 2. The molecule has 6 heteroatoms. The molecule has 1 heterocycles. The number of methoxy groups -OCH3 is 1. The molecule has 0 aromatic heterocycles. The Balaban J connectivity index is 2.21. The molecule has 0 aliphatic carbocycles. The number of carbonyl (C=O) groups excluding carboxylic acids is 3. The van der Waals surface area contributed by atoms with Gasteiger partial charge in [0.05, 0.1) is 24.8 Å². The predicted octanol–water partition coefficient (Wildman–Crippen LogP) is -0.184. The van der Waals surface area contributed by atoms with Gasteiger partial charge < -0.3 is 9.84 Å². The number of carbonyl (C=O) groups is 3. The van der Waals surface area contributed by atoms with Gasteiger partial charge in [0, 0.05) is 0 Å². The predicted molar refractivity (Wildman–Crippen MR) is 59.8 cm³/mol. The van der Waals surface area contributed by atoms with Gasteiger partial charge >= 0.3 is 5.97 Å². The fraction of sp³-hybridized carbons (Fsp3) is 0.250. The van der Waals surface area contributed by atoms with Crippen LogP contribution in [-0.4, -0.2) is 47.5 Å². The second kappa shape index (κ2) is 4.58. The number of aliphatic hydroxyl groups is 1. The lowest BCUT2D eigenvalue weighted by atomic mass is 10.1. The molecule has 0 saturated heterocycles. The maximum Gasteiger partial charge on any atom is 0.336 e. The molecule has 0 saturated carbocycles. The van der Waals surface area contributed by atoms with E-state index >= 15 is 0 Å². The summed E-state index contributed by atoms with van der Waals surface area (Å²) in [7, 11) is 1.12. The minimum Gasteiger partial charge on any atom is -0.467 e. The molecule has 1 aromatic rings. The molecule has 0 spiro atoms. The Hall–Kier alpha value is -2.21. The highest BCUT2D eigenvalue weighted by molar-refractivity contribution is 6.21. The summed E-state index contributed by atoms with van der Waals surface area (Å²) in [5, 5.41) is 9.47. The number of rotatable bonds is 3. The van der Waals surface area contributed by atoms with Gasteiger partial charge in [-0.3, -0.25) is 14.5 Å². The first-order valence-electron chi connectivity index (χ1n) is 5.27. The molecular formula is C12H11NO5. The van der Waals surface area contributed by atoms with Crippen molar-refractivity contribution in [2.45, 2.75) is 6.10 Å². The third-order valence-electron chi connectivity index (χ3n) is 2.71. The molecule has 1 atom stereocenters. The molecule has 0 fully saturated rings. The van der Waals surface area contributed by atoms with Crippen LogP contribution in [0.25, 0.3) is 0 Å². The molecule has 2 rings (SSSR count). The van der Waals surface area contributed by atoms with Gasteiger partial charge in [-0.1, -0.05) is 12.1 Å². The van der Waals surface area contributed by atoms with Crippen LogP contribution in [0.15, 0.2) is 24.3 Å². The Morgan fingerprint density at radius 2 is 1.78 bits per heavy atom. The van der Waals surface area contributed by atoms with Crippen LogP contribution in [0.1, 0.15) is 20.7 Å². The molecule has 6 nitrogen and oxygen atoms in total. The zero-order valence-electron chi connectivity index (χ0n) is 9.62. The quantitative estimate of drug-likeness (QED) is 0.593. The number of hydrogen-bond acceptors (Lipinski definition) is 5. The molecular weight excluding hydrogens is 238 g/mol. The van der Waals surface area contributed by atoms with Crippen molar-refractivity contribution < 1.29 is 24.2 Å². The summed E-state index contributed by atoms with van der Waals surface area (Å²) < 4.78 is 4.33. The van der Waals surface area contributed by atoms with Gasteiger partial charge in [0.2, 0.25) is 0 Å². The lowest BCUT2D eigenvalue weighted by Gasteiger charge is -2.16. The van der Waals surface area contributed by atoms with Gasteiger partial charge in [0.1, 0.15) is 0 Å². The number of hydrogen-bond donors (Lipinski definition) is 1. The maximum absolute atomic E-state index is 11.9. The summed E-state index contributed by atoms with van der Waals surface area (Å²) in [4.78, 5) is 35.7. The SMILES string of the molecule is COC(=O)[C@@H](O)CN1C(=O)c2ccccc2C1=O. The minimum absolute atomic E-state index is 0.277. The monoisotopic (exact) mass is 249 g/mol. The van der Waals surface area contributed by atoms with E-state index in [1.807, 2.05) is 0 Å². The smallest absolute Gasteiger partial charge is 0.336 e. The van der Waals surface area contributed by atoms with Crippen LogP contribution in [0.2, 0.25) is 0 Å². The van der Waals surface area contributed by atoms with Crippen molar-refractivity contribution in [3.8, 4) is 0 Å². The number of aliphatic hydroxyl groups excluding tert-OH is 1. The number of fused-ring (bicyclic) bond motifs is 1. The summed E-state index contributed by atoms with van der Waals surface area (Å²) in [6.45, 7) is -0.404. The third-order valence-corrected chi connectivity index (χ3v) is 2.71. The minimum atomic E-state index is -1.53. The van der Waals surface area contributed by atoms with Gasteiger partial charge in [-0.15, -0.1) is 0 Å². The van der Waals surface area contributed by atoms with Crippen LogP contribution in [0, 0.1) is 0 Å². The first-order valence-corrected chi connectivity index (χ1v) is 5.27. The van der Waals surface area contributed by atoms with E-state index in [-0.39, 0.29) is 11.1 Å². The molecule has 1 aliphatic rings. The first kappa shape index (κ1) is 12.3. The second-order valence-corrected chi connectivity index (χ2v) is 3.81. The van der Waals surface area contributed by atoms with E-state index < -0.39 is 30.4 Å². The van der Waals surface area contributed by atoms with Crippen molar-refractivity contribution in [1.82, 2.24) is 4.90 Å². The summed E-state index contributed by atoms with van der Waals surface area (Å²) in [5.41, 5.74) is 0.555. The fourth-order valence-corrected chi connectivity index (χ4v) is 1.79. The standard InChI is InChI=1S/C12H11NO5/c1-18-12(17)9(14)6-13-10(15)7-4-2-3-5-8(7)11(13)16/h2-5,9,14H,6H2,1H3/t9-/m0/s1. The molecule has 1 aliphatic heterocycles. The largest absolute Gasteiger partial charge is 0.467 e. The van der Waals surface area contributed by atoms with Gasteiger partial charge in [-0.25, -0.2) is 4.79 Å². The average Bonchev–Trinajstić information content (AvgIpc) is 2.63. The van der Waals surface area contributed by atoms with Crippen molar-refractivity contribution in [2.75, 3.05) is 13.7 Å². The van der Waals surface area contributed by atoms with E-state index in [1.54, 1.807) is 12.1 Å². The number of nitrogens with zero attached hydrogens (tertiary/aromatic N) is 1. The Morgan fingerprint density at radius 1 is 1.28 bits per heavy atom. The van der Waals surface area contributed by atoms with Crippen molar-refractivity contribution in [3.05, 3.63) is 35.4 Å². The van der Waals surface area contributed by atoms with Crippen molar-refractivity contribution in [2.24, 2.45) is 0 Å². The van der Waals surface area contributed by atoms with Crippen LogP contribution < -0.4 is 0 Å². The molecule has 0 unspecified atom stereocenters. The highest BCUT2D eigenvalue weighted by Crippen LogP contribution is 2.22. The summed E-state index contributed by atoms with van der Waals surface area (Å²) in [5.74, 6) is -1.91. The van der Waals surface area contributed by atoms with E-state index in [1.165, 1.54) is 12.1 Å². The Kier molecular flexibility index (Phi) is 3.12. The molecule has 1 aromatic carbocycles. The zero-order valence-corrected chi connectivity index (χ0v) is 9.62. The van der Waals surface area contributed by atoms with E-state index in [2.05, 4.69) is 4.74 Å². The fourth-order valence-electron chi connectivity index (χ4n) is 1.79. The Labute approximate surface area is 103 Å². The number of β-amino-alcohol motifs (C(OH)–C–C–N with tert-alkyl or cyclic N) is 1. The Bertz CT molecular complexity index is 490. The highest BCUT2D eigenvalue weighted by atomic mass is 16.5. The Morgan fingerprint density at radius 3 is 2.22 bits per heavy atom. The molecule has 0 radical (unpaired) electrons. The van der Waals surface area contributed by atoms with Crippen LogP contribution in [0.4, 0.5) is 0 Å². The van der Waals surface area contributed by atoms with Crippen molar-refractivity contribution in [3.63, 3.8) is 0 Å². The summed E-state index contributed by atoms with van der Waals surface area (Å²) in [6, 6.07) is 6.34. The number of ether oxygens (including phenoxy) is 1. The van der Waals surface area contributed by atoms with E-state index in [0.29, 0.717) is 0 Å². The van der Waals surface area contributed by atoms with Crippen LogP contribution >= 0.6 is 0 Å². The molecule has 0 bridgehead atoms. The van der Waals surface area contributed by atoms with Crippen LogP contribution in [-0.2, 0) is 9.53 Å². The molecule has 1 N–H and O–H groups in total. The van der Waals surface area contributed by atoms with Crippen LogP contribution in [0.5, 0.6) is 0 Å². The van der Waals surface area contributed by atoms with Gasteiger partial charge in [0.25, 0.3) is 11.8 Å². The molecule has 94 valence electrons. The third kappa shape index (κ3) is 1.86. The van der Waals surface area contributed by atoms with E-state index in [0.717, 1.165) is 12.0 Å². The summed E-state index contributed by atoms with van der Waals surface area (Å²) >= 11 is 0. The van der Waals surface area contributed by atoms with E-state index in [4.69, 9.17) is 0 Å². The normalized spacial score (nSPS) is 15.6. The average molecular weight is 249 g/mol. The van der Waals surface area contributed by atoms with Crippen molar-refractivity contribution in [1.29, 1.82) is 0 Å². The maximum atomic E-state index is 11.9. The highest BCUT2D eigenvalue weighted by Gasteiger charge is 2.37. The van der Waals surface area contributed by atoms with Gasteiger partial charge in [0.15, 0.2) is 6.10 Å². The lowest BCUT2D eigenvalue weighted by molar-refractivity contribution is -0.150. The second-order valence-electron chi connectivity index (χ2n) is 3.81. The first-order chi connectivity index (χ1) is 8.56. The zero-order chi connectivity index (χ0) is 13.3. The number of benzene rings is 1. The molecule has 2 amide bonds. The van der Waals surface area contributed by atoms with Gasteiger partial charge in [-0.05, 0) is 12.1 Å². The number of esters is 1. The van der Waals surface area contributed by atoms with E-state index in [9.17, 15) is 19.5 Å². The van der Waals surface area contributed by atoms with Gasteiger partial charge in [-0.2, -0.15) is 0 Å². The van der Waals surface area contributed by atoms with Crippen LogP contribution in [0.3, 0.4) is 0 Å². The van der Waals surface area contributed by atoms with Crippen molar-refractivity contribution >= 4 is 17.8 Å². The molecule has 18 heavy (non-hydrogen) atoms. The summed E-state index contributed by atoms with van der Waals surface area (Å²) in [6.07, 6.45) is -1.53. The number of imide groups is 1. The topological polar surface area (TPSA) is 83.9 Å².